The van der Waals surface area contributed by atoms with Crippen LogP contribution in [-0.2, 0) is 11.3 Å². The summed E-state index contributed by atoms with van der Waals surface area (Å²) in [4.78, 5) is 36.0. The summed E-state index contributed by atoms with van der Waals surface area (Å²) in [5.41, 5.74) is 3.49. The summed E-state index contributed by atoms with van der Waals surface area (Å²) in [5, 5.41) is 24.6. The van der Waals surface area contributed by atoms with Gasteiger partial charge in [0.05, 0.1) is 30.4 Å². The number of hydrogen-bond acceptors (Lipinski definition) is 8. The number of nitrogens with zero attached hydrogens (tertiary/aromatic N) is 3. The second-order valence-electron chi connectivity index (χ2n) is 8.18. The van der Waals surface area contributed by atoms with E-state index in [1.54, 1.807) is 23.1 Å². The van der Waals surface area contributed by atoms with Crippen LogP contribution < -0.4 is 4.90 Å². The Morgan fingerprint density at radius 1 is 0.973 bits per heavy atom. The highest BCUT2D eigenvalue weighted by atomic mass is 32.1. The number of phenolic OH excluding ortho intramolecular Hbond substituents is 2. The van der Waals surface area contributed by atoms with E-state index in [1.165, 1.54) is 30.6 Å². The van der Waals surface area contributed by atoms with Crippen LogP contribution in [0.1, 0.15) is 26.5 Å². The molecular weight excluding hydrogens is 490 g/mol. The normalized spacial score (nSPS) is 10.8. The molecule has 9 heteroatoms. The zero-order valence-electron chi connectivity index (χ0n) is 19.7. The molecule has 0 atom stereocenters. The van der Waals surface area contributed by atoms with E-state index in [9.17, 15) is 19.8 Å². The van der Waals surface area contributed by atoms with Gasteiger partial charge < -0.3 is 19.8 Å². The van der Waals surface area contributed by atoms with Crippen LogP contribution in [-0.4, -0.2) is 39.2 Å². The molecule has 2 aromatic heterocycles. The SMILES string of the molecule is COC(=O)c1nc(-c2ccc(N(Cc3ccsc3)C(=O)c3ccc(O)cc3O)cc2)c2ccccc2n1. The number of anilines is 1. The van der Waals surface area contributed by atoms with Gasteiger partial charge in [0, 0.05) is 22.7 Å². The number of phenols is 2. The number of benzene rings is 3. The molecule has 0 saturated heterocycles. The minimum atomic E-state index is -0.634. The van der Waals surface area contributed by atoms with E-state index in [2.05, 4.69) is 9.97 Å². The number of thiophene rings is 1. The van der Waals surface area contributed by atoms with Gasteiger partial charge >= 0.3 is 5.97 Å². The molecule has 0 aliphatic rings. The molecule has 0 radical (unpaired) electrons. The number of carbonyl (C=O) groups excluding carboxylic acids is 2. The fourth-order valence-electron chi connectivity index (χ4n) is 3.97. The van der Waals surface area contributed by atoms with Gasteiger partial charge in [-0.3, -0.25) is 4.79 Å². The first kappa shape index (κ1) is 24.0. The maximum Gasteiger partial charge on any atom is 0.376 e. The predicted octanol–water partition coefficient (Wildman–Crippen LogP) is 5.40. The molecule has 0 unspecified atom stereocenters. The van der Waals surface area contributed by atoms with Crippen LogP contribution in [0.4, 0.5) is 5.69 Å². The first-order chi connectivity index (χ1) is 17.9. The van der Waals surface area contributed by atoms with E-state index in [-0.39, 0.29) is 29.4 Å². The molecule has 0 saturated carbocycles. The van der Waals surface area contributed by atoms with Crippen molar-refractivity contribution >= 4 is 39.8 Å². The van der Waals surface area contributed by atoms with Crippen molar-refractivity contribution in [3.63, 3.8) is 0 Å². The third kappa shape index (κ3) is 4.85. The van der Waals surface area contributed by atoms with Gasteiger partial charge in [-0.15, -0.1) is 0 Å². The highest BCUT2D eigenvalue weighted by molar-refractivity contribution is 7.07. The Bertz CT molecular complexity index is 1600. The lowest BCUT2D eigenvalue weighted by Gasteiger charge is -2.23. The lowest BCUT2D eigenvalue weighted by Crippen LogP contribution is -2.30. The molecule has 3 aromatic carbocycles. The molecular formula is C28H21N3O5S. The second-order valence-corrected chi connectivity index (χ2v) is 8.96. The number of fused-ring (bicyclic) bond motifs is 1. The number of aromatic nitrogens is 2. The topological polar surface area (TPSA) is 113 Å². The highest BCUT2D eigenvalue weighted by Crippen LogP contribution is 2.31. The van der Waals surface area contributed by atoms with E-state index >= 15 is 0 Å². The zero-order valence-corrected chi connectivity index (χ0v) is 20.5. The molecule has 5 aromatic rings. The minimum Gasteiger partial charge on any atom is -0.508 e. The summed E-state index contributed by atoms with van der Waals surface area (Å²) in [6.07, 6.45) is 0. The van der Waals surface area contributed by atoms with Gasteiger partial charge in [0.1, 0.15) is 11.5 Å². The van der Waals surface area contributed by atoms with Gasteiger partial charge in [-0.1, -0.05) is 30.3 Å². The van der Waals surface area contributed by atoms with Gasteiger partial charge in [-0.05, 0) is 52.7 Å². The van der Waals surface area contributed by atoms with Crippen LogP contribution >= 0.6 is 11.3 Å². The first-order valence-corrected chi connectivity index (χ1v) is 12.2. The number of esters is 1. The minimum absolute atomic E-state index is 0.0441. The molecule has 5 rings (SSSR count). The Balaban J connectivity index is 1.56. The summed E-state index contributed by atoms with van der Waals surface area (Å²) in [5.74, 6) is -1.54. The number of methoxy groups -OCH3 is 1. The molecule has 1 amide bonds. The molecule has 0 aliphatic heterocycles. The Morgan fingerprint density at radius 3 is 2.46 bits per heavy atom. The summed E-state index contributed by atoms with van der Waals surface area (Å²) in [7, 11) is 1.28. The van der Waals surface area contributed by atoms with Gasteiger partial charge in [-0.25, -0.2) is 14.8 Å². The van der Waals surface area contributed by atoms with Crippen molar-refractivity contribution in [2.45, 2.75) is 6.54 Å². The van der Waals surface area contributed by atoms with Crippen molar-refractivity contribution in [2.75, 3.05) is 12.0 Å². The first-order valence-electron chi connectivity index (χ1n) is 11.2. The monoisotopic (exact) mass is 511 g/mol. The van der Waals surface area contributed by atoms with Crippen LogP contribution in [0.25, 0.3) is 22.2 Å². The van der Waals surface area contributed by atoms with E-state index in [1.807, 2.05) is 47.2 Å². The third-order valence-electron chi connectivity index (χ3n) is 5.80. The number of aromatic hydroxyl groups is 2. The van der Waals surface area contributed by atoms with Crippen molar-refractivity contribution in [3.05, 3.63) is 101 Å². The molecule has 8 nitrogen and oxygen atoms in total. The third-order valence-corrected chi connectivity index (χ3v) is 6.53. The van der Waals surface area contributed by atoms with E-state index < -0.39 is 11.9 Å². The average Bonchev–Trinajstić information content (AvgIpc) is 3.44. The van der Waals surface area contributed by atoms with Gasteiger partial charge in [-0.2, -0.15) is 11.3 Å². The van der Waals surface area contributed by atoms with Crippen LogP contribution in [0.3, 0.4) is 0 Å². The predicted molar refractivity (Wildman–Crippen MR) is 141 cm³/mol. The number of carbonyl (C=O) groups is 2. The molecule has 0 aliphatic carbocycles. The van der Waals surface area contributed by atoms with Crippen molar-refractivity contribution in [3.8, 4) is 22.8 Å². The number of amides is 1. The average molecular weight is 512 g/mol. The summed E-state index contributed by atoms with van der Waals surface area (Å²) in [6.45, 7) is 0.283. The van der Waals surface area contributed by atoms with Gasteiger partial charge in [0.2, 0.25) is 5.82 Å². The quantitative estimate of drug-likeness (QED) is 0.293. The summed E-state index contributed by atoms with van der Waals surface area (Å²) in [6, 6.07) is 20.4. The number of rotatable bonds is 6. The van der Waals surface area contributed by atoms with Crippen molar-refractivity contribution in [1.82, 2.24) is 9.97 Å². The van der Waals surface area contributed by atoms with E-state index in [4.69, 9.17) is 4.74 Å². The zero-order chi connectivity index (χ0) is 25.9. The number of para-hydroxylation sites is 1. The van der Waals surface area contributed by atoms with Gasteiger partial charge in [0.25, 0.3) is 5.91 Å². The van der Waals surface area contributed by atoms with Gasteiger partial charge in [0.15, 0.2) is 0 Å². The highest BCUT2D eigenvalue weighted by Gasteiger charge is 2.22. The molecule has 2 heterocycles. The standard InChI is InChI=1S/C28H21N3O5S/c1-36-28(35)26-29-23-5-3-2-4-21(23)25(30-26)18-6-8-19(9-7-18)31(15-17-12-13-37-16-17)27(34)22-11-10-20(32)14-24(22)33/h2-14,16,32-33H,15H2,1H3. The molecule has 2 N–H and O–H groups in total. The summed E-state index contributed by atoms with van der Waals surface area (Å²) < 4.78 is 4.82. The van der Waals surface area contributed by atoms with E-state index in [0.717, 1.165) is 22.6 Å². The fourth-order valence-corrected chi connectivity index (χ4v) is 4.63. The van der Waals surface area contributed by atoms with Crippen LogP contribution in [0.15, 0.2) is 83.6 Å². The lowest BCUT2D eigenvalue weighted by molar-refractivity contribution is 0.0587. The number of hydrogen-bond donors (Lipinski definition) is 2. The van der Waals surface area contributed by atoms with Crippen molar-refractivity contribution < 1.29 is 24.5 Å². The molecule has 184 valence electrons. The Labute approximate surface area is 216 Å². The maximum atomic E-state index is 13.5. The second kappa shape index (κ2) is 10.1. The largest absolute Gasteiger partial charge is 0.508 e. The molecule has 0 spiro atoms. The lowest BCUT2D eigenvalue weighted by atomic mass is 10.0. The van der Waals surface area contributed by atoms with Crippen molar-refractivity contribution in [1.29, 1.82) is 0 Å². The van der Waals surface area contributed by atoms with Crippen LogP contribution in [0, 0.1) is 0 Å². The fraction of sp³-hybridized carbons (Fsp3) is 0.0714. The van der Waals surface area contributed by atoms with Crippen LogP contribution in [0.5, 0.6) is 11.5 Å². The molecule has 37 heavy (non-hydrogen) atoms. The Kier molecular flexibility index (Phi) is 6.53. The van der Waals surface area contributed by atoms with Crippen molar-refractivity contribution in [2.24, 2.45) is 0 Å². The summed E-state index contributed by atoms with van der Waals surface area (Å²) >= 11 is 1.52. The number of ether oxygens (including phenoxy) is 1. The molecule has 0 fully saturated rings. The molecule has 0 bridgehead atoms. The smallest absolute Gasteiger partial charge is 0.376 e. The van der Waals surface area contributed by atoms with Crippen LogP contribution in [0.2, 0.25) is 0 Å². The van der Waals surface area contributed by atoms with E-state index in [0.29, 0.717) is 16.9 Å². The Morgan fingerprint density at radius 2 is 1.76 bits per heavy atom. The Hall–Kier alpha value is -4.76. The maximum absolute atomic E-state index is 13.5.